The minimum absolute atomic E-state index is 0.226. The minimum Gasteiger partial charge on any atom is -0.384 e. The maximum Gasteiger partial charge on any atom is 0.122 e. The van der Waals surface area contributed by atoms with Crippen molar-refractivity contribution in [1.29, 1.82) is 0 Å². The Labute approximate surface area is 87.2 Å². The van der Waals surface area contributed by atoms with E-state index in [1.165, 1.54) is 4.88 Å². The number of nitrogen functional groups attached to an aromatic ring is 1. The second kappa shape index (κ2) is 3.46. The van der Waals surface area contributed by atoms with Crippen LogP contribution in [-0.4, -0.2) is 9.78 Å². The van der Waals surface area contributed by atoms with Gasteiger partial charge in [-0.1, -0.05) is 6.07 Å². The molecule has 74 valence electrons. The Bertz CT molecular complexity index is 417. The summed E-state index contributed by atoms with van der Waals surface area (Å²) in [5.74, 6) is 0.725. The molecule has 0 spiro atoms. The van der Waals surface area contributed by atoms with Crippen molar-refractivity contribution in [2.75, 3.05) is 5.73 Å². The predicted octanol–water partition coefficient (Wildman–Crippen LogP) is 2.44. The molecule has 0 aliphatic rings. The van der Waals surface area contributed by atoms with Crippen molar-refractivity contribution in [1.82, 2.24) is 9.78 Å². The zero-order valence-corrected chi connectivity index (χ0v) is 9.08. The average molecular weight is 207 g/mol. The van der Waals surface area contributed by atoms with Crippen LogP contribution in [0.4, 0.5) is 5.82 Å². The quantitative estimate of drug-likeness (QED) is 0.822. The van der Waals surface area contributed by atoms with Gasteiger partial charge >= 0.3 is 0 Å². The lowest BCUT2D eigenvalue weighted by atomic mass is 10.3. The van der Waals surface area contributed by atoms with Crippen molar-refractivity contribution >= 4 is 17.2 Å². The summed E-state index contributed by atoms with van der Waals surface area (Å²) >= 11 is 1.73. The molecular weight excluding hydrogens is 194 g/mol. The van der Waals surface area contributed by atoms with E-state index in [0.717, 1.165) is 11.5 Å². The molecule has 0 aliphatic heterocycles. The third-order valence-corrected chi connectivity index (χ3v) is 3.25. The van der Waals surface area contributed by atoms with Crippen molar-refractivity contribution in [3.05, 3.63) is 34.2 Å². The molecule has 1 atom stereocenters. The maximum atomic E-state index is 5.85. The zero-order chi connectivity index (χ0) is 10.1. The van der Waals surface area contributed by atoms with E-state index in [9.17, 15) is 0 Å². The standard InChI is InChI=1S/C10H13N3S/c1-7-6-10(11)13(12-7)8(2)9-4-3-5-14-9/h3-6,8H,11H2,1-2H3/t8-/m1/s1. The van der Waals surface area contributed by atoms with E-state index in [4.69, 9.17) is 5.73 Å². The lowest BCUT2D eigenvalue weighted by Gasteiger charge is -2.11. The summed E-state index contributed by atoms with van der Waals surface area (Å²) in [6, 6.07) is 6.27. The van der Waals surface area contributed by atoms with Gasteiger partial charge in [-0.2, -0.15) is 5.10 Å². The number of nitrogens with zero attached hydrogens (tertiary/aromatic N) is 2. The Morgan fingerprint density at radius 1 is 1.57 bits per heavy atom. The van der Waals surface area contributed by atoms with Crippen LogP contribution in [-0.2, 0) is 0 Å². The van der Waals surface area contributed by atoms with E-state index in [2.05, 4.69) is 23.5 Å². The van der Waals surface area contributed by atoms with Crippen molar-refractivity contribution in [2.45, 2.75) is 19.9 Å². The van der Waals surface area contributed by atoms with Crippen molar-refractivity contribution in [2.24, 2.45) is 0 Å². The van der Waals surface area contributed by atoms with Crippen LogP contribution >= 0.6 is 11.3 Å². The molecule has 2 aromatic rings. The number of aromatic nitrogens is 2. The molecule has 0 aliphatic carbocycles. The maximum absolute atomic E-state index is 5.85. The first-order chi connectivity index (χ1) is 6.68. The largest absolute Gasteiger partial charge is 0.384 e. The van der Waals surface area contributed by atoms with Gasteiger partial charge in [-0.15, -0.1) is 11.3 Å². The second-order valence-electron chi connectivity index (χ2n) is 3.35. The minimum atomic E-state index is 0.226. The molecular formula is C10H13N3S. The monoisotopic (exact) mass is 207 g/mol. The highest BCUT2D eigenvalue weighted by atomic mass is 32.1. The fourth-order valence-corrected chi connectivity index (χ4v) is 2.26. The fourth-order valence-electron chi connectivity index (χ4n) is 1.50. The Hall–Kier alpha value is -1.29. The van der Waals surface area contributed by atoms with Gasteiger partial charge in [0.15, 0.2) is 0 Å². The van der Waals surface area contributed by atoms with Crippen molar-refractivity contribution < 1.29 is 0 Å². The second-order valence-corrected chi connectivity index (χ2v) is 4.33. The van der Waals surface area contributed by atoms with Crippen LogP contribution in [0.3, 0.4) is 0 Å². The van der Waals surface area contributed by atoms with Gasteiger partial charge in [-0.25, -0.2) is 4.68 Å². The Morgan fingerprint density at radius 2 is 2.36 bits per heavy atom. The van der Waals surface area contributed by atoms with E-state index in [-0.39, 0.29) is 6.04 Å². The van der Waals surface area contributed by atoms with E-state index >= 15 is 0 Å². The Balaban J connectivity index is 2.36. The number of anilines is 1. The van der Waals surface area contributed by atoms with Gasteiger partial charge in [0.25, 0.3) is 0 Å². The number of hydrogen-bond donors (Lipinski definition) is 1. The molecule has 2 N–H and O–H groups in total. The normalized spacial score (nSPS) is 13.0. The van der Waals surface area contributed by atoms with Gasteiger partial charge in [0.1, 0.15) is 5.82 Å². The lowest BCUT2D eigenvalue weighted by Crippen LogP contribution is -2.10. The number of aryl methyl sites for hydroxylation is 1. The molecule has 2 aromatic heterocycles. The summed E-state index contributed by atoms with van der Waals surface area (Å²) in [6.07, 6.45) is 0. The molecule has 0 amide bonds. The summed E-state index contributed by atoms with van der Waals surface area (Å²) in [7, 11) is 0. The first-order valence-electron chi connectivity index (χ1n) is 4.53. The van der Waals surface area contributed by atoms with Crippen molar-refractivity contribution in [3.63, 3.8) is 0 Å². The Morgan fingerprint density at radius 3 is 2.86 bits per heavy atom. The molecule has 0 bridgehead atoms. The van der Waals surface area contributed by atoms with Gasteiger partial charge in [0, 0.05) is 10.9 Å². The molecule has 3 nitrogen and oxygen atoms in total. The zero-order valence-electron chi connectivity index (χ0n) is 8.27. The summed E-state index contributed by atoms with van der Waals surface area (Å²) in [5.41, 5.74) is 6.82. The molecule has 14 heavy (non-hydrogen) atoms. The van der Waals surface area contributed by atoms with Crippen LogP contribution in [0.5, 0.6) is 0 Å². The van der Waals surface area contributed by atoms with Crippen LogP contribution in [0.25, 0.3) is 0 Å². The number of hydrogen-bond acceptors (Lipinski definition) is 3. The smallest absolute Gasteiger partial charge is 0.122 e. The summed E-state index contributed by atoms with van der Waals surface area (Å²) in [6.45, 7) is 4.06. The van der Waals surface area contributed by atoms with Crippen LogP contribution < -0.4 is 5.73 Å². The van der Waals surface area contributed by atoms with Crippen molar-refractivity contribution in [3.8, 4) is 0 Å². The third kappa shape index (κ3) is 1.53. The molecule has 0 saturated heterocycles. The highest BCUT2D eigenvalue weighted by molar-refractivity contribution is 7.10. The number of thiophene rings is 1. The van der Waals surface area contributed by atoms with E-state index in [1.54, 1.807) is 11.3 Å². The highest BCUT2D eigenvalue weighted by Crippen LogP contribution is 2.24. The molecule has 0 saturated carbocycles. The molecule has 2 rings (SSSR count). The van der Waals surface area contributed by atoms with Gasteiger partial charge in [0.05, 0.1) is 11.7 Å². The van der Waals surface area contributed by atoms with Gasteiger partial charge in [-0.05, 0) is 25.3 Å². The average Bonchev–Trinajstić information content (AvgIpc) is 2.73. The van der Waals surface area contributed by atoms with E-state index in [0.29, 0.717) is 0 Å². The highest BCUT2D eigenvalue weighted by Gasteiger charge is 2.12. The van der Waals surface area contributed by atoms with Crippen LogP contribution in [0.15, 0.2) is 23.6 Å². The first kappa shape index (κ1) is 9.27. The molecule has 0 unspecified atom stereocenters. The molecule has 2 heterocycles. The fraction of sp³-hybridized carbons (Fsp3) is 0.300. The SMILES string of the molecule is Cc1cc(N)n([C@H](C)c2cccs2)n1. The number of rotatable bonds is 2. The van der Waals surface area contributed by atoms with Crippen LogP contribution in [0.1, 0.15) is 23.5 Å². The van der Waals surface area contributed by atoms with Gasteiger partial charge in [0.2, 0.25) is 0 Å². The topological polar surface area (TPSA) is 43.8 Å². The van der Waals surface area contributed by atoms with Crippen LogP contribution in [0.2, 0.25) is 0 Å². The third-order valence-electron chi connectivity index (χ3n) is 2.21. The predicted molar refractivity (Wildman–Crippen MR) is 59.5 cm³/mol. The molecule has 4 heteroatoms. The first-order valence-corrected chi connectivity index (χ1v) is 5.41. The summed E-state index contributed by atoms with van der Waals surface area (Å²) in [5, 5.41) is 6.43. The molecule has 0 aromatic carbocycles. The van der Waals surface area contributed by atoms with Gasteiger partial charge < -0.3 is 5.73 Å². The summed E-state index contributed by atoms with van der Waals surface area (Å²) in [4.78, 5) is 1.28. The Kier molecular flexibility index (Phi) is 2.29. The van der Waals surface area contributed by atoms with Crippen LogP contribution in [0, 0.1) is 6.92 Å². The summed E-state index contributed by atoms with van der Waals surface area (Å²) < 4.78 is 1.86. The van der Waals surface area contributed by atoms with Gasteiger partial charge in [-0.3, -0.25) is 0 Å². The van der Waals surface area contributed by atoms with E-state index in [1.807, 2.05) is 23.7 Å². The molecule has 0 radical (unpaired) electrons. The number of nitrogens with two attached hydrogens (primary N) is 1. The van der Waals surface area contributed by atoms with E-state index < -0.39 is 0 Å². The molecule has 0 fully saturated rings. The lowest BCUT2D eigenvalue weighted by molar-refractivity contribution is 0.577.